The van der Waals surface area contributed by atoms with Crippen molar-refractivity contribution >= 4 is 17.7 Å². The molecule has 0 aromatic carbocycles. The second-order valence-corrected chi connectivity index (χ2v) is 5.61. The molecule has 0 aliphatic carbocycles. The van der Waals surface area contributed by atoms with Crippen LogP contribution in [0.2, 0.25) is 0 Å². The number of anilines is 1. The van der Waals surface area contributed by atoms with Gasteiger partial charge in [0, 0.05) is 24.6 Å². The topological polar surface area (TPSA) is 95.7 Å². The van der Waals surface area contributed by atoms with E-state index < -0.39 is 5.97 Å². The number of rotatable bonds is 6. The van der Waals surface area contributed by atoms with E-state index in [1.165, 1.54) is 0 Å². The first kappa shape index (κ1) is 16.2. The third-order valence-electron chi connectivity index (χ3n) is 2.78. The van der Waals surface area contributed by atoms with E-state index in [-0.39, 0.29) is 24.4 Å². The van der Waals surface area contributed by atoms with Crippen LogP contribution < -0.4 is 5.32 Å². The highest BCUT2D eigenvalue weighted by Crippen LogP contribution is 2.14. The van der Waals surface area contributed by atoms with Crippen molar-refractivity contribution in [2.45, 2.75) is 39.7 Å². The van der Waals surface area contributed by atoms with Crippen LogP contribution in [0.4, 0.5) is 5.82 Å². The van der Waals surface area contributed by atoms with Gasteiger partial charge in [-0.05, 0) is 27.7 Å². The molecule has 112 valence electrons. The summed E-state index contributed by atoms with van der Waals surface area (Å²) in [7, 11) is 0. The zero-order valence-corrected chi connectivity index (χ0v) is 12.3. The zero-order valence-electron chi connectivity index (χ0n) is 12.3. The number of aliphatic carboxylic acids is 1. The summed E-state index contributed by atoms with van der Waals surface area (Å²) in [5.41, 5.74) is -0.316. The summed E-state index contributed by atoms with van der Waals surface area (Å²) in [5.74, 6) is -0.152. The first-order chi connectivity index (χ1) is 9.18. The number of hydrogen-bond acceptors (Lipinski definition) is 5. The molecule has 0 bridgehead atoms. The lowest BCUT2D eigenvalue weighted by Crippen LogP contribution is -2.45. The fourth-order valence-electron chi connectivity index (χ4n) is 1.68. The molecule has 0 saturated carbocycles. The molecule has 7 heteroatoms. The molecule has 7 nitrogen and oxygen atoms in total. The van der Waals surface area contributed by atoms with Crippen molar-refractivity contribution in [3.8, 4) is 0 Å². The maximum absolute atomic E-state index is 11.8. The molecule has 0 aliphatic heterocycles. The lowest BCUT2D eigenvalue weighted by atomic mass is 10.1. The minimum atomic E-state index is -0.910. The number of aromatic nitrogens is 1. The normalized spacial score (nSPS) is 11.7. The van der Waals surface area contributed by atoms with E-state index in [1.807, 2.05) is 20.8 Å². The number of carboxylic acid groups (broad SMARTS) is 1. The quantitative estimate of drug-likeness (QED) is 0.821. The zero-order chi connectivity index (χ0) is 15.3. The highest BCUT2D eigenvalue weighted by Gasteiger charge is 2.24. The van der Waals surface area contributed by atoms with E-state index in [1.54, 1.807) is 17.9 Å². The number of nitrogens with one attached hydrogen (secondary N) is 1. The van der Waals surface area contributed by atoms with Gasteiger partial charge in [0.1, 0.15) is 5.76 Å². The van der Waals surface area contributed by atoms with Crippen molar-refractivity contribution in [2.24, 2.45) is 0 Å². The summed E-state index contributed by atoms with van der Waals surface area (Å²) >= 11 is 0. The number of nitrogens with zero attached hydrogens (tertiary/aromatic N) is 2. The van der Waals surface area contributed by atoms with E-state index in [9.17, 15) is 9.59 Å². The standard InChI is InChI=1S/C13H21N3O4/c1-9-7-10(15-20-9)14-11(17)5-6-16(8-12(18)19)13(2,3)4/h7H,5-6,8H2,1-4H3,(H,18,19)(H,14,15,17). The van der Waals surface area contributed by atoms with E-state index >= 15 is 0 Å². The Bertz CT molecular complexity index is 476. The number of carbonyl (C=O) groups excluding carboxylic acids is 1. The Balaban J connectivity index is 2.50. The molecule has 0 radical (unpaired) electrons. The molecule has 20 heavy (non-hydrogen) atoms. The van der Waals surface area contributed by atoms with Crippen molar-refractivity contribution in [1.29, 1.82) is 0 Å². The second-order valence-electron chi connectivity index (χ2n) is 5.61. The molecular weight excluding hydrogens is 262 g/mol. The molecule has 0 aliphatic rings. The van der Waals surface area contributed by atoms with Gasteiger partial charge in [-0.3, -0.25) is 14.5 Å². The number of carboxylic acids is 1. The lowest BCUT2D eigenvalue weighted by molar-refractivity contribution is -0.140. The molecule has 2 N–H and O–H groups in total. The van der Waals surface area contributed by atoms with Crippen molar-refractivity contribution in [1.82, 2.24) is 10.1 Å². The van der Waals surface area contributed by atoms with Crippen molar-refractivity contribution < 1.29 is 19.2 Å². The van der Waals surface area contributed by atoms with Crippen molar-refractivity contribution in [2.75, 3.05) is 18.4 Å². The molecule has 0 fully saturated rings. The van der Waals surface area contributed by atoms with Crippen molar-refractivity contribution in [3.05, 3.63) is 11.8 Å². The number of hydrogen-bond donors (Lipinski definition) is 2. The molecule has 1 amide bonds. The van der Waals surface area contributed by atoms with Gasteiger partial charge in [0.25, 0.3) is 0 Å². The van der Waals surface area contributed by atoms with E-state index in [0.29, 0.717) is 18.1 Å². The third-order valence-corrected chi connectivity index (χ3v) is 2.78. The van der Waals surface area contributed by atoms with Crippen LogP contribution in [0.5, 0.6) is 0 Å². The van der Waals surface area contributed by atoms with E-state index in [2.05, 4.69) is 10.5 Å². The van der Waals surface area contributed by atoms with Gasteiger partial charge in [-0.1, -0.05) is 5.16 Å². The second kappa shape index (κ2) is 6.51. The maximum Gasteiger partial charge on any atom is 0.317 e. The summed E-state index contributed by atoms with van der Waals surface area (Å²) in [4.78, 5) is 24.3. The van der Waals surface area contributed by atoms with Gasteiger partial charge in [-0.2, -0.15) is 0 Å². The molecule has 0 atom stereocenters. The predicted octanol–water partition coefficient (Wildman–Crippen LogP) is 1.50. The van der Waals surface area contributed by atoms with Crippen LogP contribution in [0.1, 0.15) is 33.0 Å². The van der Waals surface area contributed by atoms with Crippen LogP contribution in [-0.2, 0) is 9.59 Å². The van der Waals surface area contributed by atoms with Crippen LogP contribution >= 0.6 is 0 Å². The average molecular weight is 283 g/mol. The minimum Gasteiger partial charge on any atom is -0.480 e. The number of carbonyl (C=O) groups is 2. The largest absolute Gasteiger partial charge is 0.480 e. The Hall–Kier alpha value is -1.89. The Kier molecular flexibility index (Phi) is 5.26. The molecule has 0 saturated heterocycles. The number of aryl methyl sites for hydroxylation is 1. The Morgan fingerprint density at radius 3 is 2.55 bits per heavy atom. The van der Waals surface area contributed by atoms with Gasteiger partial charge < -0.3 is 14.9 Å². The van der Waals surface area contributed by atoms with Crippen LogP contribution in [0.15, 0.2) is 10.6 Å². The summed E-state index contributed by atoms with van der Waals surface area (Å²) in [6.07, 6.45) is 0.191. The molecular formula is C13H21N3O4. The van der Waals surface area contributed by atoms with Crippen LogP contribution in [0.25, 0.3) is 0 Å². The van der Waals surface area contributed by atoms with E-state index in [0.717, 1.165) is 0 Å². The van der Waals surface area contributed by atoms with Gasteiger partial charge in [-0.15, -0.1) is 0 Å². The highest BCUT2D eigenvalue weighted by atomic mass is 16.5. The average Bonchev–Trinajstić information content (AvgIpc) is 2.68. The monoisotopic (exact) mass is 283 g/mol. The van der Waals surface area contributed by atoms with Crippen LogP contribution in [-0.4, -0.2) is 45.7 Å². The first-order valence-electron chi connectivity index (χ1n) is 6.38. The Morgan fingerprint density at radius 1 is 1.45 bits per heavy atom. The summed E-state index contributed by atoms with van der Waals surface area (Å²) in [6.45, 7) is 7.73. The van der Waals surface area contributed by atoms with Gasteiger partial charge in [0.2, 0.25) is 5.91 Å². The van der Waals surface area contributed by atoms with Crippen LogP contribution in [0, 0.1) is 6.92 Å². The summed E-state index contributed by atoms with van der Waals surface area (Å²) < 4.78 is 4.85. The fourth-order valence-corrected chi connectivity index (χ4v) is 1.68. The van der Waals surface area contributed by atoms with Gasteiger partial charge in [0.15, 0.2) is 5.82 Å². The third kappa shape index (κ3) is 5.40. The molecule has 1 aromatic heterocycles. The van der Waals surface area contributed by atoms with Gasteiger partial charge in [0.05, 0.1) is 6.54 Å². The fraction of sp³-hybridized carbons (Fsp3) is 0.615. The summed E-state index contributed by atoms with van der Waals surface area (Å²) in [5, 5.41) is 15.2. The van der Waals surface area contributed by atoms with E-state index in [4.69, 9.17) is 9.63 Å². The minimum absolute atomic E-state index is 0.0974. The van der Waals surface area contributed by atoms with Gasteiger partial charge >= 0.3 is 5.97 Å². The highest BCUT2D eigenvalue weighted by molar-refractivity contribution is 5.89. The summed E-state index contributed by atoms with van der Waals surface area (Å²) in [6, 6.07) is 1.62. The Labute approximate surface area is 117 Å². The maximum atomic E-state index is 11.8. The molecule has 0 unspecified atom stereocenters. The predicted molar refractivity (Wildman–Crippen MR) is 73.4 cm³/mol. The SMILES string of the molecule is Cc1cc(NC(=O)CCN(CC(=O)O)C(C)(C)C)no1. The molecule has 1 aromatic rings. The molecule has 1 rings (SSSR count). The Morgan fingerprint density at radius 2 is 2.10 bits per heavy atom. The molecule has 0 spiro atoms. The lowest BCUT2D eigenvalue weighted by Gasteiger charge is -2.34. The van der Waals surface area contributed by atoms with Gasteiger partial charge in [-0.25, -0.2) is 0 Å². The molecule has 1 heterocycles. The van der Waals surface area contributed by atoms with Crippen LogP contribution in [0.3, 0.4) is 0 Å². The van der Waals surface area contributed by atoms with Crippen molar-refractivity contribution in [3.63, 3.8) is 0 Å². The smallest absolute Gasteiger partial charge is 0.317 e. The first-order valence-corrected chi connectivity index (χ1v) is 6.38. The number of amides is 1.